The molecule has 4 aromatic carbocycles. The summed E-state index contributed by atoms with van der Waals surface area (Å²) in [5.41, 5.74) is 8.17. The molecule has 0 bridgehead atoms. The first-order valence-corrected chi connectivity index (χ1v) is 21.8. The first kappa shape index (κ1) is 51.1. The molecule has 5 rings (SSSR count). The van der Waals surface area contributed by atoms with Gasteiger partial charge in [-0.15, -0.1) is 0 Å². The minimum absolute atomic E-state index is 0.136. The smallest absolute Gasteiger partial charge is 0.466 e. The molecule has 6 nitrogen and oxygen atoms in total. The minimum Gasteiger partial charge on any atom is -0.466 e. The van der Waals surface area contributed by atoms with Crippen LogP contribution in [-0.4, -0.2) is 43.5 Å². The van der Waals surface area contributed by atoms with Gasteiger partial charge in [0.1, 0.15) is 11.6 Å². The van der Waals surface area contributed by atoms with Gasteiger partial charge in [0.05, 0.1) is 42.3 Å². The molecule has 4 aromatic rings. The number of carbonyl (C=O) groups is 2. The summed E-state index contributed by atoms with van der Waals surface area (Å²) < 4.78 is 52.4. The Morgan fingerprint density at radius 3 is 1.55 bits per heavy atom. The second kappa shape index (κ2) is 21.7. The maximum atomic E-state index is 14.7. The molecule has 0 unspecified atom stereocenters. The summed E-state index contributed by atoms with van der Waals surface area (Å²) in [6.45, 7) is 27.2. The summed E-state index contributed by atoms with van der Waals surface area (Å²) in [6, 6.07) is 15.1. The zero-order valence-electron chi connectivity index (χ0n) is 37.5. The third kappa shape index (κ3) is 13.1. The SMILES string of the molecule is CCOC(=O)C[C@H](C)c1cc(-c2c(C)cc(C)cc2Cl)cc(C)c1F.CCOC(=O)C[C@H](C)c1cc(B2OC(C)(C)C(C)(C)O2)cc(C)c1F.Cc1cc(C)c(Br)c(Cl)c1. The van der Waals surface area contributed by atoms with Gasteiger partial charge in [-0.25, -0.2) is 8.78 Å². The van der Waals surface area contributed by atoms with E-state index in [0.29, 0.717) is 40.5 Å². The Labute approximate surface area is 375 Å². The predicted octanol–water partition coefficient (Wildman–Crippen LogP) is 13.3. The molecule has 0 spiro atoms. The van der Waals surface area contributed by atoms with Gasteiger partial charge in [0.15, 0.2) is 0 Å². The van der Waals surface area contributed by atoms with E-state index in [1.807, 2.05) is 81.4 Å². The van der Waals surface area contributed by atoms with E-state index in [2.05, 4.69) is 28.1 Å². The van der Waals surface area contributed by atoms with Crippen LogP contribution in [0.2, 0.25) is 10.0 Å². The van der Waals surface area contributed by atoms with Crippen LogP contribution in [0.5, 0.6) is 0 Å². The number of halogens is 5. The van der Waals surface area contributed by atoms with Crippen molar-refractivity contribution < 1.29 is 37.2 Å². The van der Waals surface area contributed by atoms with E-state index in [9.17, 15) is 18.4 Å². The largest absolute Gasteiger partial charge is 0.494 e. The van der Waals surface area contributed by atoms with Gasteiger partial charge >= 0.3 is 19.1 Å². The van der Waals surface area contributed by atoms with E-state index in [0.717, 1.165) is 37.2 Å². The van der Waals surface area contributed by atoms with Crippen LogP contribution in [0, 0.1) is 53.2 Å². The Kier molecular flexibility index (Phi) is 18.5. The summed E-state index contributed by atoms with van der Waals surface area (Å²) >= 11 is 15.7. The Balaban J connectivity index is 0.000000261. The summed E-state index contributed by atoms with van der Waals surface area (Å²) in [4.78, 5) is 23.5. The van der Waals surface area contributed by atoms with E-state index in [-0.39, 0.29) is 48.3 Å². The molecule has 60 heavy (non-hydrogen) atoms. The van der Waals surface area contributed by atoms with Gasteiger partial charge in [0, 0.05) is 15.1 Å². The van der Waals surface area contributed by atoms with Crippen molar-refractivity contribution in [2.45, 2.75) is 133 Å². The molecule has 0 aliphatic carbocycles. The Bertz CT molecular complexity index is 2110. The standard InChI is InChI=1S/C21H24ClFO2.C19H28BFO4.C8H8BrCl/c1-6-25-19(24)10-13(3)17-11-16(9-15(5)21(17)23)20-14(4)7-12(2)8-18(20)22;1-8-23-16(22)10-12(2)15-11-14(9-13(3)17(15)21)20-24-18(4,5)19(6,7)25-20;1-5-3-6(2)8(9)7(10)4-5/h7-9,11,13H,6,10H2,1-5H3;9,11-12H,8,10H2,1-7H3;3-4H,1-2H3/t13-;12-;/m00./s1. The van der Waals surface area contributed by atoms with Crippen molar-refractivity contribution >= 4 is 63.7 Å². The number of esters is 2. The number of hydrogen-bond donors (Lipinski definition) is 0. The van der Waals surface area contributed by atoms with E-state index < -0.39 is 18.3 Å². The van der Waals surface area contributed by atoms with Crippen molar-refractivity contribution in [2.75, 3.05) is 13.2 Å². The molecular weight excluding hydrogens is 872 g/mol. The van der Waals surface area contributed by atoms with Crippen molar-refractivity contribution in [3.8, 4) is 11.1 Å². The van der Waals surface area contributed by atoms with E-state index in [4.69, 9.17) is 42.0 Å². The quantitative estimate of drug-likeness (QED) is 0.117. The van der Waals surface area contributed by atoms with Crippen LogP contribution < -0.4 is 5.46 Å². The fraction of sp³-hybridized carbons (Fsp3) is 0.458. The number of benzene rings is 4. The van der Waals surface area contributed by atoms with Crippen molar-refractivity contribution in [1.82, 2.24) is 0 Å². The second-order valence-electron chi connectivity index (χ2n) is 16.7. The van der Waals surface area contributed by atoms with Gasteiger partial charge in [0.2, 0.25) is 0 Å². The van der Waals surface area contributed by atoms with Gasteiger partial charge in [-0.1, -0.05) is 61.3 Å². The normalized spacial score (nSPS) is 14.9. The highest BCUT2D eigenvalue weighted by Gasteiger charge is 2.52. The zero-order valence-corrected chi connectivity index (χ0v) is 40.6. The monoisotopic (exact) mass is 930 g/mol. The summed E-state index contributed by atoms with van der Waals surface area (Å²) in [6.07, 6.45) is 0.283. The van der Waals surface area contributed by atoms with Crippen molar-refractivity contribution in [2.24, 2.45) is 0 Å². The molecule has 0 aromatic heterocycles. The molecule has 1 heterocycles. The number of carbonyl (C=O) groups excluding carboxylic acids is 2. The van der Waals surface area contributed by atoms with Crippen molar-refractivity contribution in [3.63, 3.8) is 0 Å². The van der Waals surface area contributed by atoms with Gasteiger partial charge in [-0.2, -0.15) is 0 Å². The molecule has 12 heteroatoms. The molecular formula is C48H60BBrCl2F2O6. The molecule has 1 fully saturated rings. The number of aryl methyl sites for hydroxylation is 6. The maximum Gasteiger partial charge on any atom is 0.494 e. The highest BCUT2D eigenvalue weighted by molar-refractivity contribution is 9.10. The number of hydrogen-bond acceptors (Lipinski definition) is 6. The lowest BCUT2D eigenvalue weighted by Gasteiger charge is -2.32. The van der Waals surface area contributed by atoms with Crippen molar-refractivity contribution in [1.29, 1.82) is 0 Å². The van der Waals surface area contributed by atoms with Gasteiger partial charge in [-0.05, 0) is 191 Å². The molecule has 0 amide bonds. The molecule has 2 atom stereocenters. The minimum atomic E-state index is -0.558. The fourth-order valence-electron chi connectivity index (χ4n) is 6.94. The summed E-state index contributed by atoms with van der Waals surface area (Å²) in [5.74, 6) is -1.78. The highest BCUT2D eigenvalue weighted by Crippen LogP contribution is 2.38. The van der Waals surface area contributed by atoms with Crippen LogP contribution in [0.3, 0.4) is 0 Å². The van der Waals surface area contributed by atoms with Crippen molar-refractivity contribution in [3.05, 3.63) is 119 Å². The van der Waals surface area contributed by atoms with Crippen LogP contribution in [0.15, 0.2) is 53.0 Å². The summed E-state index contributed by atoms with van der Waals surface area (Å²) in [5, 5.41) is 1.44. The lowest BCUT2D eigenvalue weighted by molar-refractivity contribution is -0.144. The van der Waals surface area contributed by atoms with Crippen LogP contribution in [0.25, 0.3) is 11.1 Å². The van der Waals surface area contributed by atoms with Crippen LogP contribution >= 0.6 is 39.1 Å². The van der Waals surface area contributed by atoms with Gasteiger partial charge < -0.3 is 18.8 Å². The van der Waals surface area contributed by atoms with E-state index in [1.54, 1.807) is 52.0 Å². The molecule has 0 saturated carbocycles. The van der Waals surface area contributed by atoms with Crippen LogP contribution in [0.1, 0.15) is 125 Å². The fourth-order valence-corrected chi connectivity index (χ4v) is 7.92. The average Bonchev–Trinajstić information content (AvgIpc) is 3.35. The molecule has 1 saturated heterocycles. The summed E-state index contributed by atoms with van der Waals surface area (Å²) in [7, 11) is -0.558. The van der Waals surface area contributed by atoms with E-state index >= 15 is 0 Å². The third-order valence-electron chi connectivity index (χ3n) is 10.8. The first-order chi connectivity index (χ1) is 27.8. The van der Waals surface area contributed by atoms with Crippen LogP contribution in [0.4, 0.5) is 8.78 Å². The average molecular weight is 933 g/mol. The predicted molar refractivity (Wildman–Crippen MR) is 246 cm³/mol. The molecule has 1 aliphatic heterocycles. The lowest BCUT2D eigenvalue weighted by atomic mass is 9.76. The first-order valence-electron chi connectivity index (χ1n) is 20.3. The van der Waals surface area contributed by atoms with Gasteiger partial charge in [-0.3, -0.25) is 9.59 Å². The number of ether oxygens (including phenoxy) is 2. The molecule has 0 N–H and O–H groups in total. The number of rotatable bonds is 10. The van der Waals surface area contributed by atoms with E-state index in [1.165, 1.54) is 11.1 Å². The zero-order chi connectivity index (χ0) is 45.4. The second-order valence-corrected chi connectivity index (χ2v) is 18.3. The Morgan fingerprint density at radius 2 is 1.10 bits per heavy atom. The highest BCUT2D eigenvalue weighted by atomic mass is 79.9. The maximum absolute atomic E-state index is 14.7. The van der Waals surface area contributed by atoms with Gasteiger partial charge in [0.25, 0.3) is 0 Å². The topological polar surface area (TPSA) is 71.1 Å². The third-order valence-corrected chi connectivity index (χ3v) is 12.7. The molecule has 1 aliphatic rings. The molecule has 326 valence electrons. The van der Waals surface area contributed by atoms with Crippen LogP contribution in [-0.2, 0) is 28.4 Å². The Morgan fingerprint density at radius 1 is 0.667 bits per heavy atom. The lowest BCUT2D eigenvalue weighted by Crippen LogP contribution is -2.41. The molecule has 0 radical (unpaired) electrons. The Hall–Kier alpha value is -3.28.